The molecular weight excluding hydrogens is 346 g/mol. The van der Waals surface area contributed by atoms with Gasteiger partial charge in [0.25, 0.3) is 0 Å². The smallest absolute Gasteiger partial charge is 0.231 e. The molecule has 1 heterocycles. The lowest BCUT2D eigenvalue weighted by Crippen LogP contribution is -2.48. The molecule has 0 unspecified atom stereocenters. The average Bonchev–Trinajstić information content (AvgIpc) is 3.02. The quantitative estimate of drug-likeness (QED) is 0.808. The SMILES string of the molecule is Cc1nc(C2(NC(=O)CSc3ccccc3Cl)CCCCC2)no1. The van der Waals surface area contributed by atoms with Crippen LogP contribution in [-0.2, 0) is 10.3 Å². The van der Waals surface area contributed by atoms with Gasteiger partial charge in [0.1, 0.15) is 5.54 Å². The molecule has 1 aliphatic carbocycles. The Kier molecular flexibility index (Phi) is 5.46. The summed E-state index contributed by atoms with van der Waals surface area (Å²) in [6, 6.07) is 7.53. The molecule has 1 aromatic heterocycles. The number of rotatable bonds is 5. The second-order valence-electron chi connectivity index (χ2n) is 6.05. The highest BCUT2D eigenvalue weighted by Gasteiger charge is 2.39. The molecule has 1 aromatic carbocycles. The summed E-state index contributed by atoms with van der Waals surface area (Å²) < 4.78 is 5.13. The van der Waals surface area contributed by atoms with E-state index in [1.165, 1.54) is 18.2 Å². The van der Waals surface area contributed by atoms with Gasteiger partial charge in [-0.25, -0.2) is 0 Å². The Morgan fingerprint density at radius 3 is 2.75 bits per heavy atom. The van der Waals surface area contributed by atoms with E-state index >= 15 is 0 Å². The molecule has 0 radical (unpaired) electrons. The summed E-state index contributed by atoms with van der Waals surface area (Å²) in [6.45, 7) is 1.77. The standard InChI is InChI=1S/C17H20ClN3O2S/c1-12-19-16(21-23-12)17(9-5-2-6-10-17)20-15(22)11-24-14-8-4-3-7-13(14)18/h3-4,7-8H,2,5-6,9-11H2,1H3,(H,20,22). The van der Waals surface area contributed by atoms with Crippen molar-refractivity contribution in [2.45, 2.75) is 49.5 Å². The van der Waals surface area contributed by atoms with Gasteiger partial charge in [0, 0.05) is 11.8 Å². The number of amides is 1. The molecule has 7 heteroatoms. The normalized spacial score (nSPS) is 16.8. The summed E-state index contributed by atoms with van der Waals surface area (Å²) in [6.07, 6.45) is 4.95. The lowest BCUT2D eigenvalue weighted by molar-refractivity contribution is -0.121. The fraction of sp³-hybridized carbons (Fsp3) is 0.471. The predicted molar refractivity (Wildman–Crippen MR) is 94.1 cm³/mol. The Bertz CT molecular complexity index is 713. The molecular formula is C17H20ClN3O2S. The third kappa shape index (κ3) is 3.92. The van der Waals surface area contributed by atoms with E-state index in [4.69, 9.17) is 16.1 Å². The Morgan fingerprint density at radius 1 is 1.33 bits per heavy atom. The van der Waals surface area contributed by atoms with E-state index in [-0.39, 0.29) is 5.91 Å². The van der Waals surface area contributed by atoms with E-state index < -0.39 is 5.54 Å². The van der Waals surface area contributed by atoms with Crippen molar-refractivity contribution in [2.24, 2.45) is 0 Å². The van der Waals surface area contributed by atoms with Crippen LogP contribution in [-0.4, -0.2) is 21.8 Å². The molecule has 5 nitrogen and oxygen atoms in total. The first-order chi connectivity index (χ1) is 11.6. The number of thioether (sulfide) groups is 1. The number of hydrogen-bond acceptors (Lipinski definition) is 5. The minimum absolute atomic E-state index is 0.0377. The number of nitrogens with one attached hydrogen (secondary N) is 1. The molecule has 0 bridgehead atoms. The number of carbonyl (C=O) groups excluding carboxylic acids is 1. The van der Waals surface area contributed by atoms with Crippen LogP contribution in [0.25, 0.3) is 0 Å². The van der Waals surface area contributed by atoms with E-state index in [0.717, 1.165) is 30.6 Å². The fourth-order valence-corrected chi connectivity index (χ4v) is 4.10. The number of aryl methyl sites for hydroxylation is 1. The van der Waals surface area contributed by atoms with Crippen LogP contribution in [0, 0.1) is 6.92 Å². The molecule has 0 atom stereocenters. The Morgan fingerprint density at radius 2 is 2.08 bits per heavy atom. The van der Waals surface area contributed by atoms with Crippen LogP contribution in [0.1, 0.15) is 43.8 Å². The van der Waals surface area contributed by atoms with Gasteiger partial charge in [0.05, 0.1) is 10.8 Å². The van der Waals surface area contributed by atoms with Crippen molar-refractivity contribution in [3.8, 4) is 0 Å². The summed E-state index contributed by atoms with van der Waals surface area (Å²) in [5.74, 6) is 1.39. The van der Waals surface area contributed by atoms with Crippen LogP contribution >= 0.6 is 23.4 Å². The molecule has 3 rings (SSSR count). The summed E-state index contributed by atoms with van der Waals surface area (Å²) in [4.78, 5) is 17.8. The zero-order valence-corrected chi connectivity index (χ0v) is 15.1. The lowest BCUT2D eigenvalue weighted by atomic mass is 9.81. The van der Waals surface area contributed by atoms with Gasteiger partial charge in [0.15, 0.2) is 5.82 Å². The van der Waals surface area contributed by atoms with Crippen LogP contribution in [0.3, 0.4) is 0 Å². The topological polar surface area (TPSA) is 68.0 Å². The highest BCUT2D eigenvalue weighted by molar-refractivity contribution is 8.00. The maximum atomic E-state index is 12.5. The summed E-state index contributed by atoms with van der Waals surface area (Å²) in [5, 5.41) is 7.90. The van der Waals surface area contributed by atoms with Gasteiger partial charge in [-0.2, -0.15) is 4.98 Å². The van der Waals surface area contributed by atoms with Gasteiger partial charge < -0.3 is 9.84 Å². The van der Waals surface area contributed by atoms with Crippen molar-refractivity contribution < 1.29 is 9.32 Å². The van der Waals surface area contributed by atoms with Gasteiger partial charge in [-0.3, -0.25) is 4.79 Å². The van der Waals surface area contributed by atoms with E-state index in [9.17, 15) is 4.79 Å². The Balaban J connectivity index is 1.69. The number of benzene rings is 1. The zero-order chi connectivity index (χ0) is 17.0. The number of halogens is 1. The maximum absolute atomic E-state index is 12.5. The van der Waals surface area contributed by atoms with Crippen molar-refractivity contribution in [3.63, 3.8) is 0 Å². The highest BCUT2D eigenvalue weighted by Crippen LogP contribution is 2.36. The third-order valence-electron chi connectivity index (χ3n) is 4.24. The first-order valence-corrected chi connectivity index (χ1v) is 9.44. The number of aromatic nitrogens is 2. The molecule has 0 saturated heterocycles. The summed E-state index contributed by atoms with van der Waals surface area (Å²) >= 11 is 7.58. The van der Waals surface area contributed by atoms with E-state index in [1.807, 2.05) is 24.3 Å². The minimum atomic E-state index is -0.506. The monoisotopic (exact) mass is 365 g/mol. The van der Waals surface area contributed by atoms with Crippen molar-refractivity contribution >= 4 is 29.3 Å². The summed E-state index contributed by atoms with van der Waals surface area (Å²) in [5.41, 5.74) is -0.506. The minimum Gasteiger partial charge on any atom is -0.342 e. The first-order valence-electron chi connectivity index (χ1n) is 8.08. The van der Waals surface area contributed by atoms with Crippen LogP contribution in [0.15, 0.2) is 33.7 Å². The molecule has 0 aliphatic heterocycles. The molecule has 1 N–H and O–H groups in total. The second-order valence-corrected chi connectivity index (χ2v) is 7.47. The van der Waals surface area contributed by atoms with Gasteiger partial charge in [-0.1, -0.05) is 48.2 Å². The van der Waals surface area contributed by atoms with Crippen molar-refractivity contribution in [3.05, 3.63) is 41.0 Å². The average molecular weight is 366 g/mol. The molecule has 1 fully saturated rings. The van der Waals surface area contributed by atoms with Crippen LogP contribution in [0.2, 0.25) is 5.02 Å². The molecule has 0 spiro atoms. The van der Waals surface area contributed by atoms with Gasteiger partial charge in [-0.15, -0.1) is 11.8 Å². The van der Waals surface area contributed by atoms with E-state index in [1.54, 1.807) is 6.92 Å². The molecule has 2 aromatic rings. The molecule has 128 valence electrons. The maximum Gasteiger partial charge on any atom is 0.231 e. The van der Waals surface area contributed by atoms with Crippen LogP contribution in [0.4, 0.5) is 0 Å². The van der Waals surface area contributed by atoms with Crippen molar-refractivity contribution in [2.75, 3.05) is 5.75 Å². The van der Waals surface area contributed by atoms with Gasteiger partial charge >= 0.3 is 0 Å². The number of hydrogen-bond donors (Lipinski definition) is 1. The fourth-order valence-electron chi connectivity index (χ4n) is 3.06. The zero-order valence-electron chi connectivity index (χ0n) is 13.5. The van der Waals surface area contributed by atoms with Crippen LogP contribution in [0.5, 0.6) is 0 Å². The van der Waals surface area contributed by atoms with E-state index in [0.29, 0.717) is 22.5 Å². The summed E-state index contributed by atoms with van der Waals surface area (Å²) in [7, 11) is 0. The number of carbonyl (C=O) groups is 1. The predicted octanol–water partition coefficient (Wildman–Crippen LogP) is 4.10. The largest absolute Gasteiger partial charge is 0.342 e. The van der Waals surface area contributed by atoms with Crippen molar-refractivity contribution in [1.82, 2.24) is 15.5 Å². The first kappa shape index (κ1) is 17.3. The van der Waals surface area contributed by atoms with Crippen molar-refractivity contribution in [1.29, 1.82) is 0 Å². The Labute approximate surface area is 150 Å². The van der Waals surface area contributed by atoms with Gasteiger partial charge in [-0.05, 0) is 25.0 Å². The lowest BCUT2D eigenvalue weighted by Gasteiger charge is -2.35. The van der Waals surface area contributed by atoms with E-state index in [2.05, 4.69) is 15.5 Å². The van der Waals surface area contributed by atoms with Crippen LogP contribution < -0.4 is 5.32 Å². The van der Waals surface area contributed by atoms with Gasteiger partial charge in [0.2, 0.25) is 11.8 Å². The molecule has 1 aliphatic rings. The number of nitrogens with zero attached hydrogens (tertiary/aromatic N) is 2. The molecule has 1 amide bonds. The molecule has 24 heavy (non-hydrogen) atoms. The highest BCUT2D eigenvalue weighted by atomic mass is 35.5. The Hall–Kier alpha value is -1.53. The third-order valence-corrected chi connectivity index (χ3v) is 5.75. The molecule has 1 saturated carbocycles. The second kappa shape index (κ2) is 7.57.